The Balaban J connectivity index is 1.51. The van der Waals surface area contributed by atoms with Crippen LogP contribution >= 0.6 is 11.3 Å². The van der Waals surface area contributed by atoms with Crippen molar-refractivity contribution in [3.63, 3.8) is 0 Å². The Bertz CT molecular complexity index is 1080. The van der Waals surface area contributed by atoms with Gasteiger partial charge < -0.3 is 15.7 Å². The van der Waals surface area contributed by atoms with Crippen molar-refractivity contribution in [2.45, 2.75) is 56.6 Å². The lowest BCUT2D eigenvalue weighted by Crippen LogP contribution is -2.43. The molecule has 1 aliphatic heterocycles. The third kappa shape index (κ3) is 4.67. The number of hydrogen-bond donors (Lipinski definition) is 3. The summed E-state index contributed by atoms with van der Waals surface area (Å²) in [6.45, 7) is 1.58. The minimum Gasteiger partial charge on any atom is -0.389 e. The fourth-order valence-electron chi connectivity index (χ4n) is 4.61. The van der Waals surface area contributed by atoms with Crippen molar-refractivity contribution < 1.29 is 9.50 Å². The van der Waals surface area contributed by atoms with Gasteiger partial charge in [-0.3, -0.25) is 0 Å². The van der Waals surface area contributed by atoms with Gasteiger partial charge in [0.2, 0.25) is 5.95 Å². The Hall–Kier alpha value is -2.42. The molecule has 6 nitrogen and oxygen atoms in total. The van der Waals surface area contributed by atoms with Crippen LogP contribution in [0.15, 0.2) is 36.5 Å². The Morgan fingerprint density at radius 1 is 1.12 bits per heavy atom. The molecule has 1 aliphatic carbocycles. The Kier molecular flexibility index (Phi) is 6.17. The molecule has 3 N–H and O–H groups in total. The number of nitrogens with zero attached hydrogens (tertiary/aromatic N) is 3. The lowest BCUT2D eigenvalue weighted by atomic mass is 9.89. The van der Waals surface area contributed by atoms with Crippen LogP contribution in [0.5, 0.6) is 0 Å². The van der Waals surface area contributed by atoms with Crippen LogP contribution in [0.2, 0.25) is 0 Å². The zero-order chi connectivity index (χ0) is 22.0. The summed E-state index contributed by atoms with van der Waals surface area (Å²) in [5, 5.41) is 18.6. The van der Waals surface area contributed by atoms with Crippen molar-refractivity contribution >= 4 is 17.3 Å². The van der Waals surface area contributed by atoms with Gasteiger partial charge >= 0.3 is 0 Å². The van der Waals surface area contributed by atoms with E-state index in [0.29, 0.717) is 42.5 Å². The predicted octanol–water partition coefficient (Wildman–Crippen LogP) is 4.42. The van der Waals surface area contributed by atoms with Gasteiger partial charge in [-0.25, -0.2) is 19.3 Å². The van der Waals surface area contributed by atoms with Crippen LogP contribution in [0.25, 0.3) is 21.8 Å². The van der Waals surface area contributed by atoms with E-state index in [0.717, 1.165) is 41.5 Å². The zero-order valence-corrected chi connectivity index (χ0v) is 18.8. The molecule has 0 radical (unpaired) electrons. The molecule has 2 aliphatic rings. The van der Waals surface area contributed by atoms with E-state index < -0.39 is 5.60 Å². The maximum absolute atomic E-state index is 14.7. The number of piperidine rings is 1. The molecule has 3 aromatic rings. The lowest BCUT2D eigenvalue weighted by Gasteiger charge is -2.31. The maximum atomic E-state index is 14.7. The zero-order valence-electron chi connectivity index (χ0n) is 18.0. The van der Waals surface area contributed by atoms with E-state index in [2.05, 4.69) is 15.6 Å². The van der Waals surface area contributed by atoms with Crippen molar-refractivity contribution in [3.8, 4) is 21.8 Å². The van der Waals surface area contributed by atoms with Crippen LogP contribution in [0.4, 0.5) is 10.3 Å². The molecule has 1 aromatic carbocycles. The van der Waals surface area contributed by atoms with Gasteiger partial charge in [-0.2, -0.15) is 0 Å². The summed E-state index contributed by atoms with van der Waals surface area (Å²) in [7, 11) is 0. The molecular weight excluding hydrogens is 425 g/mol. The topological polar surface area (TPSA) is 83.0 Å². The van der Waals surface area contributed by atoms with Crippen LogP contribution < -0.4 is 10.6 Å². The predicted molar refractivity (Wildman–Crippen MR) is 125 cm³/mol. The molecule has 2 fully saturated rings. The second kappa shape index (κ2) is 9.21. The van der Waals surface area contributed by atoms with Gasteiger partial charge in [0.1, 0.15) is 5.82 Å². The van der Waals surface area contributed by atoms with E-state index in [1.807, 2.05) is 12.1 Å². The number of aromatic nitrogens is 3. The molecule has 0 bridgehead atoms. The second-order valence-corrected chi connectivity index (χ2v) is 9.89. The van der Waals surface area contributed by atoms with E-state index in [-0.39, 0.29) is 5.82 Å². The third-order valence-electron chi connectivity index (χ3n) is 6.39. The second-order valence-electron chi connectivity index (χ2n) is 8.81. The van der Waals surface area contributed by atoms with Crippen LogP contribution in [-0.2, 0) is 6.42 Å². The first-order chi connectivity index (χ1) is 15.6. The molecule has 0 atom stereocenters. The Morgan fingerprint density at radius 2 is 1.91 bits per heavy atom. The van der Waals surface area contributed by atoms with Crippen molar-refractivity contribution in [3.05, 3.63) is 47.4 Å². The number of halogens is 1. The van der Waals surface area contributed by atoms with Crippen LogP contribution in [-0.4, -0.2) is 44.8 Å². The normalized spacial score (nSPS) is 18.7. The number of rotatable bonds is 6. The summed E-state index contributed by atoms with van der Waals surface area (Å²) in [5.41, 5.74) is 0.963. The summed E-state index contributed by atoms with van der Waals surface area (Å²) in [6.07, 6.45) is 8.28. The first kappa shape index (κ1) is 21.4. The summed E-state index contributed by atoms with van der Waals surface area (Å²) in [5.74, 6) is 0.283. The molecule has 3 heterocycles. The highest BCUT2D eigenvalue weighted by Gasteiger charge is 2.31. The van der Waals surface area contributed by atoms with E-state index in [1.165, 1.54) is 30.2 Å². The molecule has 5 rings (SSSR count). The number of benzene rings is 1. The summed E-state index contributed by atoms with van der Waals surface area (Å²) in [6, 6.07) is 8.94. The minimum atomic E-state index is -0.784. The van der Waals surface area contributed by atoms with Crippen molar-refractivity contribution in [1.82, 2.24) is 20.3 Å². The van der Waals surface area contributed by atoms with Gasteiger partial charge in [0.15, 0.2) is 0 Å². The van der Waals surface area contributed by atoms with Crippen molar-refractivity contribution in [2.75, 3.05) is 18.4 Å². The molecule has 168 valence electrons. The van der Waals surface area contributed by atoms with Crippen molar-refractivity contribution in [2.24, 2.45) is 0 Å². The summed E-state index contributed by atoms with van der Waals surface area (Å²) >= 11 is 1.48. The SMILES string of the molecule is OC1(Cc2nc(-c3ccccc3F)c(-c3ccnc(NC4CCCC4)n3)s2)CCNCC1. The fourth-order valence-corrected chi connectivity index (χ4v) is 5.79. The number of thiazole rings is 1. The van der Waals surface area contributed by atoms with E-state index >= 15 is 0 Å². The quantitative estimate of drug-likeness (QED) is 0.513. The summed E-state index contributed by atoms with van der Waals surface area (Å²) < 4.78 is 14.7. The molecule has 1 saturated heterocycles. The number of aliphatic hydroxyl groups is 1. The standard InChI is InChI=1S/C24H28FN5OS/c25-18-8-4-3-7-17(18)21-22(32-20(30-21)15-24(31)10-13-26-14-11-24)19-9-12-27-23(29-19)28-16-5-1-2-6-16/h3-4,7-9,12,16,26,31H,1-2,5-6,10-11,13-15H2,(H,27,28,29). The van der Waals surface area contributed by atoms with Crippen LogP contribution in [0.1, 0.15) is 43.5 Å². The molecule has 8 heteroatoms. The highest BCUT2D eigenvalue weighted by atomic mass is 32.1. The number of nitrogens with one attached hydrogen (secondary N) is 2. The van der Waals surface area contributed by atoms with Crippen LogP contribution in [0.3, 0.4) is 0 Å². The minimum absolute atomic E-state index is 0.315. The first-order valence-electron chi connectivity index (χ1n) is 11.4. The van der Waals surface area contributed by atoms with Gasteiger partial charge in [0.25, 0.3) is 0 Å². The molecular formula is C24H28FN5OS. The first-order valence-corrected chi connectivity index (χ1v) is 12.2. The van der Waals surface area contributed by atoms with E-state index in [1.54, 1.807) is 18.3 Å². The average molecular weight is 454 g/mol. The monoisotopic (exact) mass is 453 g/mol. The highest BCUT2D eigenvalue weighted by molar-refractivity contribution is 7.15. The highest BCUT2D eigenvalue weighted by Crippen LogP contribution is 2.39. The van der Waals surface area contributed by atoms with Gasteiger partial charge in [0, 0.05) is 24.2 Å². The fraction of sp³-hybridized carbons (Fsp3) is 0.458. The Labute approximate surface area is 191 Å². The molecule has 1 saturated carbocycles. The molecule has 0 unspecified atom stereocenters. The smallest absolute Gasteiger partial charge is 0.223 e. The lowest BCUT2D eigenvalue weighted by molar-refractivity contribution is 0.0108. The molecule has 0 spiro atoms. The summed E-state index contributed by atoms with van der Waals surface area (Å²) in [4.78, 5) is 14.8. The van der Waals surface area contributed by atoms with Gasteiger partial charge in [-0.1, -0.05) is 25.0 Å². The number of anilines is 1. The van der Waals surface area contributed by atoms with E-state index in [9.17, 15) is 9.50 Å². The van der Waals surface area contributed by atoms with E-state index in [4.69, 9.17) is 9.97 Å². The Morgan fingerprint density at radius 3 is 2.69 bits per heavy atom. The maximum Gasteiger partial charge on any atom is 0.223 e. The molecule has 0 amide bonds. The number of hydrogen-bond acceptors (Lipinski definition) is 7. The average Bonchev–Trinajstić information content (AvgIpc) is 3.44. The van der Waals surface area contributed by atoms with Gasteiger partial charge in [0.05, 0.1) is 26.9 Å². The molecule has 2 aromatic heterocycles. The van der Waals surface area contributed by atoms with Gasteiger partial charge in [-0.15, -0.1) is 11.3 Å². The molecule has 32 heavy (non-hydrogen) atoms. The van der Waals surface area contributed by atoms with Crippen LogP contribution in [0, 0.1) is 5.82 Å². The van der Waals surface area contributed by atoms with Crippen molar-refractivity contribution in [1.29, 1.82) is 0 Å². The third-order valence-corrected chi connectivity index (χ3v) is 7.47. The van der Waals surface area contributed by atoms with Gasteiger partial charge in [-0.05, 0) is 57.0 Å². The largest absolute Gasteiger partial charge is 0.389 e.